The van der Waals surface area contributed by atoms with Crippen molar-refractivity contribution in [1.82, 2.24) is 0 Å². The Kier molecular flexibility index (Phi) is 5.86. The van der Waals surface area contributed by atoms with Crippen LogP contribution < -0.4 is 10.1 Å². The first-order valence-electron chi connectivity index (χ1n) is 6.97. The average Bonchev–Trinajstić information content (AvgIpc) is 2.46. The summed E-state index contributed by atoms with van der Waals surface area (Å²) < 4.78 is 6.43. The van der Waals surface area contributed by atoms with E-state index in [0.29, 0.717) is 10.8 Å². The van der Waals surface area contributed by atoms with Crippen LogP contribution in [-0.2, 0) is 11.2 Å². The summed E-state index contributed by atoms with van der Waals surface area (Å²) in [6, 6.07) is 11.4. The second-order valence-electron chi connectivity index (χ2n) is 4.92. The van der Waals surface area contributed by atoms with Gasteiger partial charge in [-0.05, 0) is 48.7 Å². The molecule has 2 rings (SSSR count). The zero-order valence-electron chi connectivity index (χ0n) is 12.5. The molecule has 0 spiro atoms. The Balaban J connectivity index is 1.98. The van der Waals surface area contributed by atoms with Crippen molar-refractivity contribution in [3.8, 4) is 5.75 Å². The highest BCUT2D eigenvalue weighted by atomic mass is 79.9. The maximum Gasteiger partial charge on any atom is 0.262 e. The summed E-state index contributed by atoms with van der Waals surface area (Å²) in [7, 11) is 0. The maximum absolute atomic E-state index is 12.0. The van der Waals surface area contributed by atoms with Crippen LogP contribution in [0.4, 0.5) is 5.69 Å². The Bertz CT molecular complexity index is 665. The van der Waals surface area contributed by atoms with Crippen molar-refractivity contribution in [3.05, 3.63) is 57.0 Å². The van der Waals surface area contributed by atoms with Gasteiger partial charge < -0.3 is 10.1 Å². The second kappa shape index (κ2) is 7.65. The molecule has 0 fully saturated rings. The predicted octanol–water partition coefficient (Wildman–Crippen LogP) is 4.99. The Morgan fingerprint density at radius 2 is 2.09 bits per heavy atom. The van der Waals surface area contributed by atoms with Gasteiger partial charge in [-0.15, -0.1) is 0 Å². The van der Waals surface area contributed by atoms with Crippen LogP contribution in [0.3, 0.4) is 0 Å². The highest BCUT2D eigenvalue weighted by molar-refractivity contribution is 9.10. The molecule has 2 aromatic carbocycles. The molecular weight excluding hydrogens is 366 g/mol. The molecule has 0 unspecified atom stereocenters. The second-order valence-corrected chi connectivity index (χ2v) is 6.25. The fourth-order valence-electron chi connectivity index (χ4n) is 2.08. The molecule has 0 heterocycles. The Labute approximate surface area is 143 Å². The number of carbonyl (C=O) groups excluding carboxylic acids is 1. The lowest BCUT2D eigenvalue weighted by molar-refractivity contribution is -0.118. The van der Waals surface area contributed by atoms with Gasteiger partial charge in [0.05, 0.1) is 5.02 Å². The number of aryl methyl sites for hydroxylation is 2. The molecule has 0 aliphatic carbocycles. The number of hydrogen-bond acceptors (Lipinski definition) is 2. The smallest absolute Gasteiger partial charge is 0.262 e. The SMILES string of the molecule is CCc1cccc(NC(=O)COc2c(C)cc(Br)cc2Cl)c1. The molecule has 2 aromatic rings. The molecule has 0 saturated heterocycles. The van der Waals surface area contributed by atoms with E-state index in [1.54, 1.807) is 6.07 Å². The lowest BCUT2D eigenvalue weighted by Gasteiger charge is -2.12. The van der Waals surface area contributed by atoms with Gasteiger partial charge in [0.2, 0.25) is 0 Å². The predicted molar refractivity (Wildman–Crippen MR) is 93.8 cm³/mol. The normalized spacial score (nSPS) is 10.4. The molecule has 0 aliphatic heterocycles. The van der Waals surface area contributed by atoms with Gasteiger partial charge in [-0.1, -0.05) is 46.6 Å². The number of nitrogens with one attached hydrogen (secondary N) is 1. The van der Waals surface area contributed by atoms with Crippen LogP contribution in [-0.4, -0.2) is 12.5 Å². The van der Waals surface area contributed by atoms with Gasteiger partial charge in [-0.25, -0.2) is 0 Å². The van der Waals surface area contributed by atoms with Crippen molar-refractivity contribution in [2.75, 3.05) is 11.9 Å². The van der Waals surface area contributed by atoms with Gasteiger partial charge in [0.1, 0.15) is 5.75 Å². The van der Waals surface area contributed by atoms with Crippen LogP contribution >= 0.6 is 27.5 Å². The number of anilines is 1. The number of halogens is 2. The molecule has 5 heteroatoms. The third-order valence-electron chi connectivity index (χ3n) is 3.16. The number of carbonyl (C=O) groups is 1. The number of ether oxygens (including phenoxy) is 1. The topological polar surface area (TPSA) is 38.3 Å². The van der Waals surface area contributed by atoms with E-state index < -0.39 is 0 Å². The molecule has 0 saturated carbocycles. The summed E-state index contributed by atoms with van der Waals surface area (Å²) >= 11 is 9.50. The van der Waals surface area contributed by atoms with Crippen LogP contribution in [0.2, 0.25) is 5.02 Å². The summed E-state index contributed by atoms with van der Waals surface area (Å²) in [6.45, 7) is 3.87. The van der Waals surface area contributed by atoms with Crippen molar-refractivity contribution in [2.45, 2.75) is 20.3 Å². The highest BCUT2D eigenvalue weighted by Gasteiger charge is 2.10. The van der Waals surface area contributed by atoms with Crippen LogP contribution in [0.15, 0.2) is 40.9 Å². The van der Waals surface area contributed by atoms with E-state index in [1.807, 2.05) is 37.3 Å². The standard InChI is InChI=1S/C17H17BrClNO2/c1-3-12-5-4-6-14(8-12)20-16(21)10-22-17-11(2)7-13(18)9-15(17)19/h4-9H,3,10H2,1-2H3,(H,20,21). The minimum absolute atomic E-state index is 0.0848. The Morgan fingerprint density at radius 3 is 2.77 bits per heavy atom. The largest absolute Gasteiger partial charge is 0.482 e. The lowest BCUT2D eigenvalue weighted by atomic mass is 10.1. The van der Waals surface area contributed by atoms with Crippen LogP contribution in [0.25, 0.3) is 0 Å². The molecule has 0 radical (unpaired) electrons. The zero-order chi connectivity index (χ0) is 16.1. The highest BCUT2D eigenvalue weighted by Crippen LogP contribution is 2.31. The van der Waals surface area contributed by atoms with Crippen LogP contribution in [0.1, 0.15) is 18.1 Å². The molecule has 1 amide bonds. The van der Waals surface area contributed by atoms with Gasteiger partial charge in [-0.3, -0.25) is 4.79 Å². The third-order valence-corrected chi connectivity index (χ3v) is 3.90. The summed E-state index contributed by atoms with van der Waals surface area (Å²) in [5, 5.41) is 3.30. The fourth-order valence-corrected chi connectivity index (χ4v) is 3.10. The molecule has 22 heavy (non-hydrogen) atoms. The number of amides is 1. The molecular formula is C17H17BrClNO2. The lowest BCUT2D eigenvalue weighted by Crippen LogP contribution is -2.20. The van der Waals surface area contributed by atoms with Gasteiger partial charge in [0.15, 0.2) is 6.61 Å². The first-order valence-corrected chi connectivity index (χ1v) is 8.14. The fraction of sp³-hybridized carbons (Fsp3) is 0.235. The van der Waals surface area contributed by atoms with E-state index in [-0.39, 0.29) is 12.5 Å². The number of benzene rings is 2. The average molecular weight is 383 g/mol. The van der Waals surface area contributed by atoms with Gasteiger partial charge in [0, 0.05) is 10.2 Å². The zero-order valence-corrected chi connectivity index (χ0v) is 14.8. The monoisotopic (exact) mass is 381 g/mol. The number of rotatable bonds is 5. The van der Waals surface area contributed by atoms with E-state index in [4.69, 9.17) is 16.3 Å². The molecule has 0 atom stereocenters. The van der Waals surface area contributed by atoms with Crippen LogP contribution in [0.5, 0.6) is 5.75 Å². The van der Waals surface area contributed by atoms with Crippen molar-refractivity contribution in [2.24, 2.45) is 0 Å². The summed E-state index contributed by atoms with van der Waals surface area (Å²) in [4.78, 5) is 12.0. The minimum Gasteiger partial charge on any atom is -0.482 e. The summed E-state index contributed by atoms with van der Waals surface area (Å²) in [5.41, 5.74) is 2.82. The van der Waals surface area contributed by atoms with Crippen LogP contribution in [0, 0.1) is 6.92 Å². The number of hydrogen-bond donors (Lipinski definition) is 1. The van der Waals surface area contributed by atoms with Gasteiger partial charge >= 0.3 is 0 Å². The van der Waals surface area contributed by atoms with Crippen molar-refractivity contribution in [3.63, 3.8) is 0 Å². The quantitative estimate of drug-likeness (QED) is 0.791. The van der Waals surface area contributed by atoms with Crippen molar-refractivity contribution < 1.29 is 9.53 Å². The van der Waals surface area contributed by atoms with E-state index in [9.17, 15) is 4.79 Å². The molecule has 0 aromatic heterocycles. The first-order chi connectivity index (χ1) is 10.5. The van der Waals surface area contributed by atoms with Gasteiger partial charge in [0.25, 0.3) is 5.91 Å². The van der Waals surface area contributed by atoms with Gasteiger partial charge in [-0.2, -0.15) is 0 Å². The molecule has 3 nitrogen and oxygen atoms in total. The van der Waals surface area contributed by atoms with E-state index in [0.717, 1.165) is 22.1 Å². The third kappa shape index (κ3) is 4.49. The Hall–Kier alpha value is -1.52. The van der Waals surface area contributed by atoms with Crippen molar-refractivity contribution in [1.29, 1.82) is 0 Å². The van der Waals surface area contributed by atoms with E-state index in [1.165, 1.54) is 5.56 Å². The molecule has 116 valence electrons. The van der Waals surface area contributed by atoms with Crippen molar-refractivity contribution >= 4 is 39.1 Å². The first kappa shape index (κ1) is 16.8. The minimum atomic E-state index is -0.216. The molecule has 0 bridgehead atoms. The Morgan fingerprint density at radius 1 is 1.32 bits per heavy atom. The molecule has 1 N–H and O–H groups in total. The van der Waals surface area contributed by atoms with E-state index >= 15 is 0 Å². The maximum atomic E-state index is 12.0. The molecule has 0 aliphatic rings. The summed E-state index contributed by atoms with van der Waals surface area (Å²) in [5.74, 6) is 0.314. The van der Waals surface area contributed by atoms with E-state index in [2.05, 4.69) is 28.2 Å². The summed E-state index contributed by atoms with van der Waals surface area (Å²) in [6.07, 6.45) is 0.925.